The maximum atomic E-state index is 6.79. The van der Waals surface area contributed by atoms with Crippen molar-refractivity contribution in [1.82, 2.24) is 0 Å². The fraction of sp³-hybridized carbons (Fsp3) is 0.333. The van der Waals surface area contributed by atoms with Gasteiger partial charge in [-0.2, -0.15) is 0 Å². The summed E-state index contributed by atoms with van der Waals surface area (Å²) in [4.78, 5) is 0. The highest BCUT2D eigenvalue weighted by molar-refractivity contribution is 6.31. The number of alkyl halides is 1. The van der Waals surface area contributed by atoms with Gasteiger partial charge in [-0.1, -0.05) is 54.9 Å². The smallest absolute Gasteiger partial charge is 0.0656 e. The predicted molar refractivity (Wildman–Crippen MR) is 89.0 cm³/mol. The second-order valence-electron chi connectivity index (χ2n) is 5.29. The van der Waals surface area contributed by atoms with Gasteiger partial charge in [-0.05, 0) is 48.6 Å². The minimum Gasteiger partial charge on any atom is -0.117 e. The molecule has 2 unspecified atom stereocenters. The molecule has 0 radical (unpaired) electrons. The molecule has 2 heteroatoms. The summed E-state index contributed by atoms with van der Waals surface area (Å²) >= 11 is 13.0. The van der Waals surface area contributed by atoms with Crippen molar-refractivity contribution in [2.75, 3.05) is 0 Å². The Morgan fingerprint density at radius 3 is 2.25 bits per heavy atom. The Labute approximate surface area is 131 Å². The highest BCUT2D eigenvalue weighted by atomic mass is 35.5. The average molecular weight is 307 g/mol. The van der Waals surface area contributed by atoms with E-state index in [9.17, 15) is 0 Å². The van der Waals surface area contributed by atoms with Crippen LogP contribution in [0.25, 0.3) is 0 Å². The second kappa shape index (κ2) is 6.65. The van der Waals surface area contributed by atoms with E-state index in [-0.39, 0.29) is 5.38 Å². The zero-order valence-corrected chi connectivity index (χ0v) is 13.7. The standard InChI is InChI=1S/C18H20Cl2/c1-4-15(14-8-6-5-7-9-14)18(20)16-10-13(3)17(19)11-12(16)2/h5-11,15,18H,4H2,1-3H3. The van der Waals surface area contributed by atoms with Crippen molar-refractivity contribution in [2.45, 2.75) is 38.5 Å². The van der Waals surface area contributed by atoms with Crippen molar-refractivity contribution < 1.29 is 0 Å². The third-order valence-corrected chi connectivity index (χ3v) is 4.81. The zero-order chi connectivity index (χ0) is 14.7. The first kappa shape index (κ1) is 15.4. The molecule has 2 aromatic rings. The van der Waals surface area contributed by atoms with Crippen LogP contribution in [0.15, 0.2) is 42.5 Å². The largest absolute Gasteiger partial charge is 0.117 e. The highest BCUT2D eigenvalue weighted by Gasteiger charge is 2.23. The van der Waals surface area contributed by atoms with E-state index in [1.165, 1.54) is 11.1 Å². The summed E-state index contributed by atoms with van der Waals surface area (Å²) in [6.07, 6.45) is 1.01. The first-order chi connectivity index (χ1) is 9.54. The third kappa shape index (κ3) is 3.19. The van der Waals surface area contributed by atoms with E-state index in [1.807, 2.05) is 19.1 Å². The van der Waals surface area contributed by atoms with Crippen LogP contribution in [0.5, 0.6) is 0 Å². The lowest BCUT2D eigenvalue weighted by atomic mass is 9.87. The molecule has 0 saturated heterocycles. The van der Waals surface area contributed by atoms with Crippen LogP contribution in [0.1, 0.15) is 46.9 Å². The lowest BCUT2D eigenvalue weighted by Crippen LogP contribution is -2.07. The Hall–Kier alpha value is -0.980. The average Bonchev–Trinajstić information content (AvgIpc) is 2.44. The molecule has 0 amide bonds. The highest BCUT2D eigenvalue weighted by Crippen LogP contribution is 2.40. The summed E-state index contributed by atoms with van der Waals surface area (Å²) in [5, 5.41) is 0.779. The molecule has 0 aliphatic rings. The van der Waals surface area contributed by atoms with Gasteiger partial charge in [0, 0.05) is 10.9 Å². The van der Waals surface area contributed by atoms with Crippen LogP contribution in [-0.2, 0) is 0 Å². The summed E-state index contributed by atoms with van der Waals surface area (Å²) in [5.74, 6) is 0.317. The molecule has 2 aromatic carbocycles. The maximum absolute atomic E-state index is 6.79. The topological polar surface area (TPSA) is 0 Å². The molecule has 0 aliphatic carbocycles. The Morgan fingerprint density at radius 2 is 1.65 bits per heavy atom. The van der Waals surface area contributed by atoms with E-state index in [0.29, 0.717) is 5.92 Å². The van der Waals surface area contributed by atoms with Crippen LogP contribution < -0.4 is 0 Å². The fourth-order valence-corrected chi connectivity index (χ4v) is 3.41. The summed E-state index contributed by atoms with van der Waals surface area (Å²) in [7, 11) is 0. The Bertz CT molecular complexity index is 575. The lowest BCUT2D eigenvalue weighted by molar-refractivity contribution is 0.638. The van der Waals surface area contributed by atoms with Crippen LogP contribution in [0.3, 0.4) is 0 Å². The van der Waals surface area contributed by atoms with E-state index in [1.54, 1.807) is 0 Å². The van der Waals surface area contributed by atoms with Gasteiger partial charge in [-0.15, -0.1) is 11.6 Å². The molecule has 0 N–H and O–H groups in total. The molecule has 0 spiro atoms. The molecule has 106 valence electrons. The van der Waals surface area contributed by atoms with Crippen LogP contribution in [-0.4, -0.2) is 0 Å². The molecule has 20 heavy (non-hydrogen) atoms. The van der Waals surface area contributed by atoms with E-state index >= 15 is 0 Å². The molecule has 0 nitrogen and oxygen atoms in total. The molecule has 0 heterocycles. The zero-order valence-electron chi connectivity index (χ0n) is 12.2. The van der Waals surface area contributed by atoms with Crippen LogP contribution >= 0.6 is 23.2 Å². The van der Waals surface area contributed by atoms with Crippen molar-refractivity contribution in [2.24, 2.45) is 0 Å². The molecule has 0 aromatic heterocycles. The fourth-order valence-electron chi connectivity index (χ4n) is 2.63. The van der Waals surface area contributed by atoms with Crippen LogP contribution in [0, 0.1) is 13.8 Å². The third-order valence-electron chi connectivity index (χ3n) is 3.87. The normalized spacial score (nSPS) is 14.1. The predicted octanol–water partition coefficient (Wildman–Crippen LogP) is 6.43. The number of hydrogen-bond donors (Lipinski definition) is 0. The summed E-state index contributed by atoms with van der Waals surface area (Å²) in [5.41, 5.74) is 4.72. The maximum Gasteiger partial charge on any atom is 0.0656 e. The van der Waals surface area contributed by atoms with Gasteiger partial charge in [0.2, 0.25) is 0 Å². The minimum absolute atomic E-state index is 0.0293. The van der Waals surface area contributed by atoms with Gasteiger partial charge >= 0.3 is 0 Å². The van der Waals surface area contributed by atoms with E-state index in [0.717, 1.165) is 22.6 Å². The van der Waals surface area contributed by atoms with E-state index < -0.39 is 0 Å². The molecule has 0 fully saturated rings. The quantitative estimate of drug-likeness (QED) is 0.571. The Balaban J connectivity index is 2.39. The molecule has 2 atom stereocenters. The number of rotatable bonds is 4. The summed E-state index contributed by atoms with van der Waals surface area (Å²) in [6, 6.07) is 14.6. The SMILES string of the molecule is CCC(c1ccccc1)C(Cl)c1cc(C)c(Cl)cc1C. The van der Waals surface area contributed by atoms with Gasteiger partial charge in [-0.3, -0.25) is 0 Å². The first-order valence-electron chi connectivity index (χ1n) is 7.00. The van der Waals surface area contributed by atoms with Crippen molar-refractivity contribution in [3.8, 4) is 0 Å². The summed E-state index contributed by atoms with van der Waals surface area (Å²) < 4.78 is 0. The Kier molecular flexibility index (Phi) is 5.12. The Morgan fingerprint density at radius 1 is 1.00 bits per heavy atom. The van der Waals surface area contributed by atoms with E-state index in [4.69, 9.17) is 23.2 Å². The van der Waals surface area contributed by atoms with Crippen LogP contribution in [0.2, 0.25) is 5.02 Å². The number of aryl methyl sites for hydroxylation is 2. The van der Waals surface area contributed by atoms with Crippen molar-refractivity contribution in [3.63, 3.8) is 0 Å². The van der Waals surface area contributed by atoms with Gasteiger partial charge < -0.3 is 0 Å². The molecular formula is C18H20Cl2. The van der Waals surface area contributed by atoms with Crippen molar-refractivity contribution in [1.29, 1.82) is 0 Å². The number of benzene rings is 2. The van der Waals surface area contributed by atoms with Gasteiger partial charge in [0.05, 0.1) is 5.38 Å². The first-order valence-corrected chi connectivity index (χ1v) is 7.81. The molecule has 0 aliphatic heterocycles. The lowest BCUT2D eigenvalue weighted by Gasteiger charge is -2.24. The number of halogens is 2. The van der Waals surface area contributed by atoms with Gasteiger partial charge in [0.1, 0.15) is 0 Å². The number of hydrogen-bond acceptors (Lipinski definition) is 0. The minimum atomic E-state index is -0.0293. The van der Waals surface area contributed by atoms with E-state index in [2.05, 4.69) is 44.2 Å². The van der Waals surface area contributed by atoms with Gasteiger partial charge in [0.15, 0.2) is 0 Å². The monoisotopic (exact) mass is 306 g/mol. The van der Waals surface area contributed by atoms with Crippen molar-refractivity contribution >= 4 is 23.2 Å². The summed E-state index contributed by atoms with van der Waals surface area (Å²) in [6.45, 7) is 6.29. The van der Waals surface area contributed by atoms with Gasteiger partial charge in [0.25, 0.3) is 0 Å². The second-order valence-corrected chi connectivity index (χ2v) is 6.16. The van der Waals surface area contributed by atoms with Crippen molar-refractivity contribution in [3.05, 3.63) is 69.7 Å². The van der Waals surface area contributed by atoms with Gasteiger partial charge in [-0.25, -0.2) is 0 Å². The molecule has 0 bridgehead atoms. The molecule has 2 rings (SSSR count). The van der Waals surface area contributed by atoms with Crippen LogP contribution in [0.4, 0.5) is 0 Å². The molecular weight excluding hydrogens is 287 g/mol. The molecule has 0 saturated carbocycles.